The second-order valence-electron chi connectivity index (χ2n) is 5.17. The summed E-state index contributed by atoms with van der Waals surface area (Å²) in [5.41, 5.74) is 0.507. The maximum absolute atomic E-state index is 12.1. The van der Waals surface area contributed by atoms with Crippen LogP contribution in [0, 0.1) is 29.1 Å². The van der Waals surface area contributed by atoms with Gasteiger partial charge in [-0.3, -0.25) is 4.79 Å². The van der Waals surface area contributed by atoms with Gasteiger partial charge in [-0.15, -0.1) is 0 Å². The Bertz CT molecular complexity index is 491. The van der Waals surface area contributed by atoms with E-state index in [0.29, 0.717) is 23.2 Å². The summed E-state index contributed by atoms with van der Waals surface area (Å²) in [7, 11) is 0. The maximum Gasteiger partial charge on any atom is 0.229 e. The molecule has 1 heterocycles. The number of hydrogen-bond acceptors (Lipinski definition) is 3. The van der Waals surface area contributed by atoms with Gasteiger partial charge in [-0.2, -0.15) is 5.26 Å². The highest BCUT2D eigenvalue weighted by atomic mass is 16.2. The lowest BCUT2D eigenvalue weighted by molar-refractivity contribution is -0.117. The Morgan fingerprint density at radius 1 is 1.33 bits per heavy atom. The molecule has 2 atom stereocenters. The zero-order valence-corrected chi connectivity index (χ0v) is 10.1. The van der Waals surface area contributed by atoms with Gasteiger partial charge in [-0.1, -0.05) is 12.8 Å². The van der Waals surface area contributed by atoms with E-state index in [0.717, 1.165) is 0 Å². The average Bonchev–Trinajstić information content (AvgIpc) is 3.14. The molecule has 92 valence electrons. The molecule has 2 aliphatic carbocycles. The van der Waals surface area contributed by atoms with Crippen LogP contribution in [0.3, 0.4) is 0 Å². The highest BCUT2D eigenvalue weighted by Crippen LogP contribution is 2.55. The van der Waals surface area contributed by atoms with Crippen LogP contribution in [0.15, 0.2) is 18.3 Å². The van der Waals surface area contributed by atoms with Gasteiger partial charge in [0.05, 0.1) is 5.56 Å². The van der Waals surface area contributed by atoms with Crippen molar-refractivity contribution in [2.45, 2.75) is 25.7 Å². The zero-order valence-electron chi connectivity index (χ0n) is 10.1. The number of nitrogens with one attached hydrogen (secondary N) is 1. The van der Waals surface area contributed by atoms with Crippen molar-refractivity contribution in [1.29, 1.82) is 5.26 Å². The number of carbonyl (C=O) groups is 1. The van der Waals surface area contributed by atoms with Gasteiger partial charge in [-0.05, 0) is 36.8 Å². The molecule has 3 rings (SSSR count). The Morgan fingerprint density at radius 2 is 2.06 bits per heavy atom. The van der Waals surface area contributed by atoms with Gasteiger partial charge in [0.1, 0.15) is 11.9 Å². The fourth-order valence-corrected chi connectivity index (χ4v) is 3.12. The van der Waals surface area contributed by atoms with Crippen molar-refractivity contribution in [3.05, 3.63) is 23.9 Å². The van der Waals surface area contributed by atoms with E-state index in [4.69, 9.17) is 5.26 Å². The van der Waals surface area contributed by atoms with Gasteiger partial charge in [0, 0.05) is 12.1 Å². The van der Waals surface area contributed by atoms with E-state index in [9.17, 15) is 4.79 Å². The van der Waals surface area contributed by atoms with Crippen molar-refractivity contribution in [1.82, 2.24) is 4.98 Å². The van der Waals surface area contributed by atoms with E-state index in [1.54, 1.807) is 12.1 Å². The van der Waals surface area contributed by atoms with Crippen LogP contribution in [0.4, 0.5) is 5.82 Å². The standard InChI is InChI=1S/C14H15N3O/c15-7-9-5-6-12(16-8-9)17-14(18)13-10-3-1-2-4-11(10)13/h5-6,8,10-11,13H,1-4H2,(H,16,17,18). The summed E-state index contributed by atoms with van der Waals surface area (Å²) in [5, 5.41) is 11.5. The van der Waals surface area contributed by atoms with Crippen LogP contribution in [0.2, 0.25) is 0 Å². The number of nitrogens with zero attached hydrogens (tertiary/aromatic N) is 2. The number of nitriles is 1. The minimum atomic E-state index is 0.101. The molecule has 0 spiro atoms. The summed E-state index contributed by atoms with van der Waals surface area (Å²) in [5.74, 6) is 2.06. The van der Waals surface area contributed by atoms with Crippen molar-refractivity contribution < 1.29 is 4.79 Å². The molecule has 1 aromatic rings. The number of aromatic nitrogens is 1. The number of carbonyl (C=O) groups excluding carboxylic acids is 1. The fraction of sp³-hybridized carbons (Fsp3) is 0.500. The molecule has 0 radical (unpaired) electrons. The molecule has 18 heavy (non-hydrogen) atoms. The third-order valence-electron chi connectivity index (χ3n) is 4.10. The third-order valence-corrected chi connectivity index (χ3v) is 4.10. The molecule has 1 N–H and O–H groups in total. The second kappa shape index (κ2) is 4.41. The smallest absolute Gasteiger partial charge is 0.229 e. The van der Waals surface area contributed by atoms with Crippen LogP contribution in [0.25, 0.3) is 0 Å². The van der Waals surface area contributed by atoms with E-state index in [1.807, 2.05) is 6.07 Å². The van der Waals surface area contributed by atoms with Crippen molar-refractivity contribution in [2.24, 2.45) is 17.8 Å². The van der Waals surface area contributed by atoms with E-state index < -0.39 is 0 Å². The Balaban J connectivity index is 1.62. The first-order valence-corrected chi connectivity index (χ1v) is 6.46. The highest BCUT2D eigenvalue weighted by Gasteiger charge is 2.54. The fourth-order valence-electron chi connectivity index (χ4n) is 3.12. The molecule has 2 fully saturated rings. The molecule has 0 bridgehead atoms. The number of hydrogen-bond donors (Lipinski definition) is 1. The van der Waals surface area contributed by atoms with E-state index >= 15 is 0 Å². The Labute approximate surface area is 106 Å². The van der Waals surface area contributed by atoms with Crippen LogP contribution in [0.5, 0.6) is 0 Å². The zero-order chi connectivity index (χ0) is 12.5. The minimum absolute atomic E-state index is 0.101. The predicted octanol–water partition coefficient (Wildman–Crippen LogP) is 2.33. The largest absolute Gasteiger partial charge is 0.310 e. The van der Waals surface area contributed by atoms with Gasteiger partial charge < -0.3 is 5.32 Å². The van der Waals surface area contributed by atoms with E-state index in [1.165, 1.54) is 31.9 Å². The summed E-state index contributed by atoms with van der Waals surface area (Å²) >= 11 is 0. The Hall–Kier alpha value is -1.89. The molecule has 0 aromatic carbocycles. The summed E-state index contributed by atoms with van der Waals surface area (Å²) in [6.07, 6.45) is 6.41. The summed E-state index contributed by atoms with van der Waals surface area (Å²) in [6, 6.07) is 5.36. The molecule has 1 aromatic heterocycles. The summed E-state index contributed by atoms with van der Waals surface area (Å²) < 4.78 is 0. The first-order chi connectivity index (χ1) is 8.79. The van der Waals surface area contributed by atoms with Crippen LogP contribution in [0.1, 0.15) is 31.2 Å². The van der Waals surface area contributed by atoms with Gasteiger partial charge in [0.25, 0.3) is 0 Å². The number of pyridine rings is 1. The Kier molecular flexibility index (Phi) is 2.75. The normalized spacial score (nSPS) is 28.9. The van der Waals surface area contributed by atoms with Crippen molar-refractivity contribution in [3.63, 3.8) is 0 Å². The summed E-state index contributed by atoms with van der Waals surface area (Å²) in [6.45, 7) is 0. The maximum atomic E-state index is 12.1. The number of rotatable bonds is 2. The molecule has 0 saturated heterocycles. The number of amides is 1. The number of anilines is 1. The summed E-state index contributed by atoms with van der Waals surface area (Å²) in [4.78, 5) is 16.1. The lowest BCUT2D eigenvalue weighted by Crippen LogP contribution is -2.16. The first-order valence-electron chi connectivity index (χ1n) is 6.46. The highest BCUT2D eigenvalue weighted by molar-refractivity contribution is 5.94. The molecule has 0 aliphatic heterocycles. The molecule has 4 heteroatoms. The Morgan fingerprint density at radius 3 is 2.61 bits per heavy atom. The van der Waals surface area contributed by atoms with Crippen molar-refractivity contribution >= 4 is 11.7 Å². The van der Waals surface area contributed by atoms with Crippen molar-refractivity contribution in [2.75, 3.05) is 5.32 Å². The van der Waals surface area contributed by atoms with Crippen molar-refractivity contribution in [3.8, 4) is 6.07 Å². The SMILES string of the molecule is N#Cc1ccc(NC(=O)C2C3CCCCC32)nc1. The van der Waals surface area contributed by atoms with Gasteiger partial charge in [0.2, 0.25) is 5.91 Å². The lowest BCUT2D eigenvalue weighted by Gasteiger charge is -2.04. The van der Waals surface area contributed by atoms with Crippen LogP contribution in [-0.2, 0) is 4.79 Å². The van der Waals surface area contributed by atoms with E-state index in [2.05, 4.69) is 10.3 Å². The van der Waals surface area contributed by atoms with Gasteiger partial charge in [0.15, 0.2) is 0 Å². The molecule has 1 amide bonds. The third kappa shape index (κ3) is 1.97. The van der Waals surface area contributed by atoms with Gasteiger partial charge in [-0.25, -0.2) is 4.98 Å². The predicted molar refractivity (Wildman–Crippen MR) is 66.5 cm³/mol. The molecular formula is C14H15N3O. The molecule has 2 unspecified atom stereocenters. The first kappa shape index (κ1) is 11.2. The second-order valence-corrected chi connectivity index (χ2v) is 5.17. The van der Waals surface area contributed by atoms with Crippen LogP contribution < -0.4 is 5.32 Å². The quantitative estimate of drug-likeness (QED) is 0.864. The molecule has 2 aliphatic rings. The topological polar surface area (TPSA) is 65.8 Å². The monoisotopic (exact) mass is 241 g/mol. The van der Waals surface area contributed by atoms with E-state index in [-0.39, 0.29) is 11.8 Å². The lowest BCUT2D eigenvalue weighted by atomic mass is 10.0. The average molecular weight is 241 g/mol. The van der Waals surface area contributed by atoms with Gasteiger partial charge >= 0.3 is 0 Å². The minimum Gasteiger partial charge on any atom is -0.310 e. The van der Waals surface area contributed by atoms with Crippen LogP contribution >= 0.6 is 0 Å². The molecule has 4 nitrogen and oxygen atoms in total. The molecular weight excluding hydrogens is 226 g/mol. The molecule has 2 saturated carbocycles. The number of fused-ring (bicyclic) bond motifs is 1. The van der Waals surface area contributed by atoms with Crippen LogP contribution in [-0.4, -0.2) is 10.9 Å².